The van der Waals surface area contributed by atoms with Crippen LogP contribution in [0.3, 0.4) is 0 Å². The molecule has 5 aromatic rings. The average molecular weight is 586 g/mol. The number of pyridine rings is 1. The van der Waals surface area contributed by atoms with E-state index in [0.717, 1.165) is 22.2 Å². The van der Waals surface area contributed by atoms with E-state index >= 15 is 0 Å². The minimum atomic E-state index is -0.125. The molecule has 2 heterocycles. The van der Waals surface area contributed by atoms with Gasteiger partial charge >= 0.3 is 0 Å². The average Bonchev–Trinajstić information content (AvgIpc) is 3.07. The second-order valence-corrected chi connectivity index (χ2v) is 7.04. The molecular weight excluding hydrogens is 565 g/mol. The first-order valence-corrected chi connectivity index (χ1v) is 9.68. The smallest absolute Gasteiger partial charge is 0.155 e. The molecule has 2 aromatic heterocycles. The van der Waals surface area contributed by atoms with E-state index in [0.29, 0.717) is 0 Å². The quantitative estimate of drug-likeness (QED) is 0.153. The molecule has 0 fully saturated rings. The van der Waals surface area contributed by atoms with Crippen LogP contribution in [0.15, 0.2) is 90.8 Å². The van der Waals surface area contributed by atoms with E-state index in [1.165, 1.54) is 36.1 Å². The summed E-state index contributed by atoms with van der Waals surface area (Å²) in [6, 6.07) is 28.4. The molecule has 0 saturated carbocycles. The van der Waals surface area contributed by atoms with E-state index in [9.17, 15) is 4.79 Å². The Morgan fingerprint density at radius 2 is 1.61 bits per heavy atom. The second-order valence-electron chi connectivity index (χ2n) is 7.04. The summed E-state index contributed by atoms with van der Waals surface area (Å²) in [5.41, 5.74) is 2.23. The molecule has 157 valence electrons. The van der Waals surface area contributed by atoms with Crippen molar-refractivity contribution in [1.29, 1.82) is 0 Å². The van der Waals surface area contributed by atoms with E-state index in [4.69, 9.17) is 10.1 Å². The van der Waals surface area contributed by atoms with E-state index in [1.54, 1.807) is 0 Å². The summed E-state index contributed by atoms with van der Waals surface area (Å²) in [4.78, 5) is 14.7. The maximum atomic E-state index is 10.0. The molecule has 0 saturated heterocycles. The molecule has 0 aliphatic rings. The summed E-state index contributed by atoms with van der Waals surface area (Å²) in [5, 5.41) is 13.1. The SMILES string of the molecule is CC(=O)/C=C(/C)O.[Ir].[c-]1cccc2c3ccccc3n(-c3nccc4ccccc34)c12. The molecule has 4 nitrogen and oxygen atoms in total. The molecule has 0 bridgehead atoms. The normalized spacial score (nSPS) is 11.1. The molecule has 0 amide bonds. The van der Waals surface area contributed by atoms with Crippen LogP contribution < -0.4 is 0 Å². The Bertz CT molecular complexity index is 1340. The minimum Gasteiger partial charge on any atom is -0.512 e. The maximum absolute atomic E-state index is 10.0. The van der Waals surface area contributed by atoms with E-state index in [1.807, 2.05) is 18.3 Å². The number of benzene rings is 3. The molecule has 0 spiro atoms. The van der Waals surface area contributed by atoms with Crippen molar-refractivity contribution in [3.05, 3.63) is 96.9 Å². The van der Waals surface area contributed by atoms with Gasteiger partial charge in [-0.15, -0.1) is 5.39 Å². The number of aliphatic hydroxyl groups is 1. The largest absolute Gasteiger partial charge is 0.512 e. The van der Waals surface area contributed by atoms with Gasteiger partial charge in [0.05, 0.1) is 5.76 Å². The first-order chi connectivity index (χ1) is 14.6. The van der Waals surface area contributed by atoms with Crippen LogP contribution in [0.2, 0.25) is 0 Å². The van der Waals surface area contributed by atoms with Crippen LogP contribution in [-0.4, -0.2) is 20.4 Å². The summed E-state index contributed by atoms with van der Waals surface area (Å²) in [5.74, 6) is 0.893. The Balaban J connectivity index is 0.000000299. The number of para-hydroxylation sites is 2. The first-order valence-electron chi connectivity index (χ1n) is 9.68. The molecule has 1 radical (unpaired) electrons. The van der Waals surface area contributed by atoms with E-state index in [2.05, 4.69) is 71.3 Å². The van der Waals surface area contributed by atoms with Crippen LogP contribution >= 0.6 is 0 Å². The summed E-state index contributed by atoms with van der Waals surface area (Å²) < 4.78 is 2.22. The second kappa shape index (κ2) is 9.69. The monoisotopic (exact) mass is 586 g/mol. The van der Waals surface area contributed by atoms with Gasteiger partial charge in [0.2, 0.25) is 0 Å². The van der Waals surface area contributed by atoms with Crippen molar-refractivity contribution in [3.63, 3.8) is 0 Å². The number of rotatable bonds is 2. The van der Waals surface area contributed by atoms with Gasteiger partial charge in [0.1, 0.15) is 5.82 Å². The summed E-state index contributed by atoms with van der Waals surface area (Å²) in [6.45, 7) is 2.85. The van der Waals surface area contributed by atoms with Crippen LogP contribution in [0, 0.1) is 6.07 Å². The van der Waals surface area contributed by atoms with Crippen LogP contribution in [0.25, 0.3) is 38.4 Å². The molecule has 3 aromatic carbocycles. The summed E-state index contributed by atoms with van der Waals surface area (Å²) >= 11 is 0. The molecule has 0 atom stereocenters. The van der Waals surface area contributed by atoms with Gasteiger partial charge in [0.15, 0.2) is 5.78 Å². The molecule has 5 heteroatoms. The third-order valence-corrected chi connectivity index (χ3v) is 4.77. The van der Waals surface area contributed by atoms with Crippen molar-refractivity contribution in [2.45, 2.75) is 13.8 Å². The molecule has 0 aliphatic carbocycles. The number of aliphatic hydroxyl groups excluding tert-OH is 1. The Labute approximate surface area is 194 Å². The number of nitrogens with zero attached hydrogens (tertiary/aromatic N) is 2. The predicted octanol–water partition coefficient (Wildman–Crippen LogP) is 6.17. The van der Waals surface area contributed by atoms with Gasteiger partial charge in [-0.1, -0.05) is 48.0 Å². The molecule has 0 unspecified atom stereocenters. The van der Waals surface area contributed by atoms with Crippen molar-refractivity contribution in [3.8, 4) is 5.82 Å². The number of ketones is 1. The van der Waals surface area contributed by atoms with Gasteiger partial charge in [0.25, 0.3) is 0 Å². The zero-order chi connectivity index (χ0) is 21.1. The predicted molar refractivity (Wildman–Crippen MR) is 122 cm³/mol. The zero-order valence-electron chi connectivity index (χ0n) is 17.2. The van der Waals surface area contributed by atoms with Crippen molar-refractivity contribution >= 4 is 38.4 Å². The van der Waals surface area contributed by atoms with Gasteiger partial charge in [-0.2, -0.15) is 24.3 Å². The first kappa shape index (κ1) is 22.4. The van der Waals surface area contributed by atoms with Gasteiger partial charge < -0.3 is 9.67 Å². The maximum Gasteiger partial charge on any atom is 0.155 e. The minimum absolute atomic E-state index is 0. The topological polar surface area (TPSA) is 55.1 Å². The number of hydrogen-bond donors (Lipinski definition) is 1. The Morgan fingerprint density at radius 3 is 2.32 bits per heavy atom. The van der Waals surface area contributed by atoms with Crippen LogP contribution in [-0.2, 0) is 24.9 Å². The van der Waals surface area contributed by atoms with Crippen molar-refractivity contribution in [2.24, 2.45) is 0 Å². The van der Waals surface area contributed by atoms with Crippen molar-refractivity contribution < 1.29 is 30.0 Å². The molecule has 0 aliphatic heterocycles. The molecule has 5 rings (SSSR count). The number of hydrogen-bond acceptors (Lipinski definition) is 3. The van der Waals surface area contributed by atoms with Crippen molar-refractivity contribution in [2.75, 3.05) is 0 Å². The van der Waals surface area contributed by atoms with E-state index in [-0.39, 0.29) is 31.6 Å². The third-order valence-electron chi connectivity index (χ3n) is 4.77. The van der Waals surface area contributed by atoms with Gasteiger partial charge in [-0.25, -0.2) is 4.98 Å². The summed E-state index contributed by atoms with van der Waals surface area (Å²) in [7, 11) is 0. The third kappa shape index (κ3) is 4.58. The number of aromatic nitrogens is 2. The van der Waals surface area contributed by atoms with E-state index < -0.39 is 0 Å². The van der Waals surface area contributed by atoms with Crippen LogP contribution in [0.5, 0.6) is 0 Å². The Morgan fingerprint density at radius 1 is 0.935 bits per heavy atom. The standard InChI is InChI=1S/C21H13N2.C5H8O2.Ir/c1-2-8-16-15(7-1)13-14-22-21(16)23-19-11-5-3-9-17(19)18-10-4-6-12-20(18)23;1-4(6)3-5(2)7;/h1-11,13-14H;3,6H,1-2H3;/q-1;;/b;4-3-;. The van der Waals surface area contributed by atoms with Gasteiger partial charge in [-0.05, 0) is 36.8 Å². The van der Waals surface area contributed by atoms with Gasteiger partial charge in [0, 0.05) is 43.3 Å². The van der Waals surface area contributed by atoms with Crippen LogP contribution in [0.4, 0.5) is 0 Å². The summed E-state index contributed by atoms with van der Waals surface area (Å²) in [6.07, 6.45) is 3.04. The number of fused-ring (bicyclic) bond motifs is 4. The fraction of sp³-hybridized carbons (Fsp3) is 0.0769. The van der Waals surface area contributed by atoms with Crippen molar-refractivity contribution in [1.82, 2.24) is 9.55 Å². The molecular formula is C26H21IrN2O2-. The number of allylic oxidation sites excluding steroid dienone is 2. The fourth-order valence-electron chi connectivity index (χ4n) is 3.64. The Hall–Kier alpha value is -3.27. The zero-order valence-corrected chi connectivity index (χ0v) is 19.6. The number of carbonyl (C=O) groups is 1. The number of carbonyl (C=O) groups excluding carboxylic acids is 1. The van der Waals surface area contributed by atoms with Crippen LogP contribution in [0.1, 0.15) is 13.8 Å². The van der Waals surface area contributed by atoms with Gasteiger partial charge in [-0.3, -0.25) is 4.79 Å². The molecule has 1 N–H and O–H groups in total. The fourth-order valence-corrected chi connectivity index (χ4v) is 3.64. The Kier molecular flexibility index (Phi) is 7.01. The molecule has 31 heavy (non-hydrogen) atoms.